The van der Waals surface area contributed by atoms with Crippen molar-refractivity contribution < 1.29 is 0 Å². The summed E-state index contributed by atoms with van der Waals surface area (Å²) in [5, 5.41) is 12.8. The van der Waals surface area contributed by atoms with Gasteiger partial charge in [-0.3, -0.25) is 0 Å². The molecule has 6 heterocycles. The van der Waals surface area contributed by atoms with E-state index in [9.17, 15) is 0 Å². The van der Waals surface area contributed by atoms with Gasteiger partial charge < -0.3 is 18.3 Å². The molecule has 526 valence electrons. The molecule has 0 saturated carbocycles. The number of fused-ring (bicyclic) bond motifs is 29. The molecule has 4 aliphatic rings. The molecular weight excluding hydrogens is 1350 g/mol. The van der Waals surface area contributed by atoms with Gasteiger partial charge in [0, 0.05) is 65.3 Å². The van der Waals surface area contributed by atoms with Crippen LogP contribution in [0.4, 0.5) is 0 Å². The van der Waals surface area contributed by atoms with Gasteiger partial charge in [-0.1, -0.05) is 319 Å². The van der Waals surface area contributed by atoms with Crippen LogP contribution in [-0.4, -0.2) is 18.3 Å². The SMILES string of the molecule is CC1(C)c2ccccc2C2(c3ccccc3-n3c4ccccc4c4cccc2c43)c2cccc(-c3ccc4c(c3)c3ccccc3n4-c3ccc4ccccc4c3)c21.CC1(C)c2ccccc2C2(c3ccccc3-n3c4ccccc4c4cccc2c43)c2cccc(-c3ccc4c(c3)c3ccccc3n4-c3ccccc3)c21. The molecule has 0 saturated heterocycles. The smallest absolute Gasteiger partial charge is 0.0748 e. The zero-order valence-electron chi connectivity index (χ0n) is 62.6. The van der Waals surface area contributed by atoms with Crippen molar-refractivity contribution in [3.05, 3.63) is 443 Å². The van der Waals surface area contributed by atoms with Crippen LogP contribution in [0.25, 0.3) is 143 Å². The van der Waals surface area contributed by atoms with Crippen LogP contribution in [0, 0.1) is 0 Å². The quantitative estimate of drug-likeness (QED) is 0.167. The Kier molecular flexibility index (Phi) is 12.9. The molecule has 0 bridgehead atoms. The predicted octanol–water partition coefficient (Wildman–Crippen LogP) is 26.9. The molecule has 2 atom stereocenters. The third-order valence-corrected chi connectivity index (χ3v) is 26.5. The molecule has 0 radical (unpaired) electrons. The summed E-state index contributed by atoms with van der Waals surface area (Å²) in [6, 6.07) is 141. The lowest BCUT2D eigenvalue weighted by Gasteiger charge is -2.50. The van der Waals surface area contributed by atoms with Gasteiger partial charge in [0.2, 0.25) is 0 Å². The summed E-state index contributed by atoms with van der Waals surface area (Å²) >= 11 is 0. The van der Waals surface area contributed by atoms with E-state index in [4.69, 9.17) is 0 Å². The van der Waals surface area contributed by atoms with E-state index in [1.807, 2.05) is 0 Å². The van der Waals surface area contributed by atoms with Crippen LogP contribution >= 0.6 is 0 Å². The Morgan fingerprint density at radius 3 is 1.02 bits per heavy atom. The largest absolute Gasteiger partial charge is 0.309 e. The number of benzene rings is 17. The summed E-state index contributed by atoms with van der Waals surface area (Å²) in [4.78, 5) is 0. The fourth-order valence-electron chi connectivity index (χ4n) is 22.1. The van der Waals surface area contributed by atoms with Crippen LogP contribution in [-0.2, 0) is 21.7 Å². The van der Waals surface area contributed by atoms with E-state index in [1.165, 1.54) is 210 Å². The van der Waals surface area contributed by atoms with Gasteiger partial charge in [-0.15, -0.1) is 0 Å². The molecule has 17 aromatic carbocycles. The lowest BCUT2D eigenvalue weighted by molar-refractivity contribution is 0.557. The van der Waals surface area contributed by atoms with Gasteiger partial charge in [0.15, 0.2) is 0 Å². The minimum Gasteiger partial charge on any atom is -0.309 e. The number of nitrogens with zero attached hydrogens (tertiary/aromatic N) is 4. The summed E-state index contributed by atoms with van der Waals surface area (Å²) in [5.74, 6) is 0. The normalized spacial score (nSPS) is 16.4. The highest BCUT2D eigenvalue weighted by atomic mass is 15.0. The van der Waals surface area contributed by atoms with E-state index in [1.54, 1.807) is 0 Å². The van der Waals surface area contributed by atoms with E-state index in [-0.39, 0.29) is 10.8 Å². The first-order chi connectivity index (χ1) is 55.1. The topological polar surface area (TPSA) is 19.7 Å². The van der Waals surface area contributed by atoms with Gasteiger partial charge in [-0.25, -0.2) is 0 Å². The fraction of sp³-hybridized carbons (Fsp3) is 0.0741. The molecule has 0 N–H and O–H groups in total. The van der Waals surface area contributed by atoms with Crippen molar-refractivity contribution in [1.82, 2.24) is 18.3 Å². The van der Waals surface area contributed by atoms with Gasteiger partial charge in [0.1, 0.15) is 0 Å². The Bertz CT molecular complexity index is 7650. The van der Waals surface area contributed by atoms with Crippen molar-refractivity contribution in [1.29, 1.82) is 0 Å². The molecule has 25 rings (SSSR count). The Morgan fingerprint density at radius 1 is 0.196 bits per heavy atom. The summed E-state index contributed by atoms with van der Waals surface area (Å²) in [6.07, 6.45) is 0. The van der Waals surface area contributed by atoms with Gasteiger partial charge in [-0.2, -0.15) is 0 Å². The monoisotopic (exact) mass is 1430 g/mol. The lowest BCUT2D eigenvalue weighted by atomic mass is 9.52. The molecule has 2 unspecified atom stereocenters. The third kappa shape index (κ3) is 8.09. The minimum absolute atomic E-state index is 0.270. The van der Waals surface area contributed by atoms with Crippen LogP contribution in [0.1, 0.15) is 94.5 Å². The number of aromatic nitrogens is 4. The van der Waals surface area contributed by atoms with Gasteiger partial charge in [0.25, 0.3) is 0 Å². The van der Waals surface area contributed by atoms with Crippen LogP contribution in [0.15, 0.2) is 376 Å². The first kappa shape index (κ1) is 63.2. The predicted molar refractivity (Wildman–Crippen MR) is 467 cm³/mol. The van der Waals surface area contributed by atoms with E-state index >= 15 is 0 Å². The van der Waals surface area contributed by atoms with Crippen LogP contribution in [0.3, 0.4) is 0 Å². The van der Waals surface area contributed by atoms with Gasteiger partial charge in [0.05, 0.1) is 66.3 Å². The third-order valence-electron chi connectivity index (χ3n) is 26.5. The zero-order valence-corrected chi connectivity index (χ0v) is 62.6. The van der Waals surface area contributed by atoms with Crippen molar-refractivity contribution >= 4 is 98.0 Å². The zero-order chi connectivity index (χ0) is 74.1. The average Bonchev–Trinajstić information content (AvgIpc) is 1.16. The standard InChI is InChI=1S/C56H38N2.C52H36N2/c1-55(2)44-21-7-8-22-45(44)56(46-23-9-12-28-52(46)58-50-27-11-5-17-40(50)42-20-14-25-48(56)54(42)58)47-24-13-19-39(53(47)55)37-30-32-51-43(34-37)41-18-6-10-26-49(41)57(51)38-31-29-35-15-3-4-16-36(35)33-38;1-51(2)40-22-8-9-23-41(40)52(42-24-10-13-29-48(42)54-46-28-12-6-18-36(46)38-21-15-26-44(52)50(38)54)43-25-14-20-35(49(43)51)33-30-31-47-39(32-33)37-19-7-11-27-45(37)53(47)34-16-4-3-5-17-34/h3-34H,1-2H3;3-32H,1-2H3. The maximum Gasteiger partial charge on any atom is 0.0748 e. The van der Waals surface area contributed by atoms with E-state index in [0.717, 1.165) is 0 Å². The summed E-state index contributed by atoms with van der Waals surface area (Å²) < 4.78 is 9.91. The molecule has 4 nitrogen and oxygen atoms in total. The van der Waals surface area contributed by atoms with E-state index in [0.29, 0.717) is 0 Å². The van der Waals surface area contributed by atoms with Crippen molar-refractivity contribution in [2.24, 2.45) is 0 Å². The molecule has 112 heavy (non-hydrogen) atoms. The fourth-order valence-corrected chi connectivity index (χ4v) is 22.1. The Morgan fingerprint density at radius 2 is 0.536 bits per heavy atom. The maximum absolute atomic E-state index is 2.53. The Balaban J connectivity index is 0.000000131. The number of para-hydroxylation sites is 9. The summed E-state index contributed by atoms with van der Waals surface area (Å²) in [5.41, 5.74) is 34.7. The molecule has 2 aliphatic heterocycles. The summed E-state index contributed by atoms with van der Waals surface area (Å²) in [7, 11) is 0. The second kappa shape index (κ2) is 22.9. The average molecular weight is 1430 g/mol. The first-order valence-electron chi connectivity index (χ1n) is 39.5. The van der Waals surface area contributed by atoms with Crippen molar-refractivity contribution in [2.75, 3.05) is 0 Å². The van der Waals surface area contributed by atoms with Crippen molar-refractivity contribution in [2.45, 2.75) is 49.4 Å². The van der Waals surface area contributed by atoms with Gasteiger partial charge in [-0.05, 0) is 185 Å². The van der Waals surface area contributed by atoms with E-state index in [2.05, 4.69) is 422 Å². The van der Waals surface area contributed by atoms with E-state index < -0.39 is 10.8 Å². The number of hydrogen-bond donors (Lipinski definition) is 0. The molecule has 21 aromatic rings. The molecule has 0 amide bonds. The van der Waals surface area contributed by atoms with Crippen LogP contribution < -0.4 is 0 Å². The van der Waals surface area contributed by atoms with Crippen LogP contribution in [0.2, 0.25) is 0 Å². The molecule has 2 aliphatic carbocycles. The first-order valence-corrected chi connectivity index (χ1v) is 39.5. The van der Waals surface area contributed by atoms with Crippen LogP contribution in [0.5, 0.6) is 0 Å². The molecule has 4 heteroatoms. The van der Waals surface area contributed by atoms with Crippen molar-refractivity contribution in [3.63, 3.8) is 0 Å². The Hall–Kier alpha value is -13.8. The highest BCUT2D eigenvalue weighted by molar-refractivity contribution is 6.16. The molecule has 0 fully saturated rings. The number of rotatable bonds is 4. The second-order valence-electron chi connectivity index (χ2n) is 32.5. The molecule has 4 aromatic heterocycles. The lowest BCUT2D eigenvalue weighted by Crippen LogP contribution is -2.44. The molecule has 2 spiro atoms. The number of hydrogen-bond acceptors (Lipinski definition) is 0. The second-order valence-corrected chi connectivity index (χ2v) is 32.5. The molecular formula is C108H74N4. The maximum atomic E-state index is 2.53. The summed E-state index contributed by atoms with van der Waals surface area (Å²) in [6.45, 7) is 9.76. The van der Waals surface area contributed by atoms with Gasteiger partial charge >= 0.3 is 0 Å². The van der Waals surface area contributed by atoms with Crippen molar-refractivity contribution in [3.8, 4) is 45.0 Å². The highest BCUT2D eigenvalue weighted by Crippen LogP contribution is 2.65. The minimum atomic E-state index is -0.534. The highest BCUT2D eigenvalue weighted by Gasteiger charge is 2.55. The Labute approximate surface area is 649 Å².